The van der Waals surface area contributed by atoms with Gasteiger partial charge in [-0.25, -0.2) is 0 Å². The molecule has 0 saturated heterocycles. The number of thiophene rings is 1. The molecular weight excluding hydrogens is 599 g/mol. The Morgan fingerprint density at radius 2 is 1.28 bits per heavy atom. The van der Waals surface area contributed by atoms with Crippen molar-refractivity contribution < 1.29 is 0 Å². The third-order valence-corrected chi connectivity index (χ3v) is 18.1. The van der Waals surface area contributed by atoms with Gasteiger partial charge in [-0.3, -0.25) is 0 Å². The molecule has 4 aromatic carbocycles. The average molecular weight is 635 g/mol. The quantitative estimate of drug-likeness (QED) is 0.151. The molecule has 2 aromatic heterocycles. The Balaban J connectivity index is 1.53. The maximum absolute atomic E-state index is 2.56. The number of aryl methyl sites for hydroxylation is 1. The molecule has 0 aliphatic heterocycles. The second-order valence-corrected chi connectivity index (χ2v) is 27.9. The molecule has 0 aliphatic carbocycles. The van der Waals surface area contributed by atoms with Crippen molar-refractivity contribution in [3.8, 4) is 10.4 Å². The van der Waals surface area contributed by atoms with Crippen molar-refractivity contribution in [2.24, 2.45) is 0 Å². The molecular formula is C35H36N2SSn. The van der Waals surface area contributed by atoms with Crippen LogP contribution in [0.1, 0.15) is 19.8 Å². The Bertz CT molecular complexity index is 1690. The fourth-order valence-electron chi connectivity index (χ4n) is 5.43. The second kappa shape index (κ2) is 10.9. The molecule has 0 spiro atoms. The van der Waals surface area contributed by atoms with Gasteiger partial charge in [0, 0.05) is 0 Å². The number of fused-ring (bicyclic) bond motifs is 3. The van der Waals surface area contributed by atoms with Crippen molar-refractivity contribution in [3.63, 3.8) is 0 Å². The minimum atomic E-state index is -2.08. The van der Waals surface area contributed by atoms with Crippen LogP contribution < -0.4 is 7.79 Å². The number of anilines is 3. The topological polar surface area (TPSA) is 8.17 Å². The van der Waals surface area contributed by atoms with Gasteiger partial charge in [0.2, 0.25) is 0 Å². The summed E-state index contributed by atoms with van der Waals surface area (Å²) in [5, 5.41) is 2.67. The van der Waals surface area contributed by atoms with Crippen LogP contribution in [0.3, 0.4) is 0 Å². The summed E-state index contributed by atoms with van der Waals surface area (Å²) in [4.78, 5) is 11.3. The van der Waals surface area contributed by atoms with Crippen molar-refractivity contribution in [3.05, 3.63) is 109 Å². The molecule has 6 aromatic rings. The van der Waals surface area contributed by atoms with E-state index in [0.717, 1.165) is 13.0 Å². The van der Waals surface area contributed by atoms with Crippen molar-refractivity contribution in [2.75, 3.05) is 4.90 Å². The molecule has 0 radical (unpaired) electrons. The van der Waals surface area contributed by atoms with Crippen LogP contribution in [0, 0.1) is 0 Å². The Kier molecular flexibility index (Phi) is 7.30. The molecule has 0 unspecified atom stereocenters. The van der Waals surface area contributed by atoms with E-state index >= 15 is 0 Å². The number of benzene rings is 4. The van der Waals surface area contributed by atoms with Crippen LogP contribution in [0.15, 0.2) is 109 Å². The van der Waals surface area contributed by atoms with Gasteiger partial charge in [0.1, 0.15) is 0 Å². The molecule has 0 saturated carbocycles. The Morgan fingerprint density at radius 1 is 0.667 bits per heavy atom. The normalized spacial score (nSPS) is 11.9. The molecule has 0 atom stereocenters. The molecule has 6 rings (SSSR count). The molecule has 39 heavy (non-hydrogen) atoms. The first kappa shape index (κ1) is 26.2. The average Bonchev–Trinajstić information content (AvgIpc) is 3.57. The Morgan fingerprint density at radius 3 is 1.87 bits per heavy atom. The number of hydrogen-bond acceptors (Lipinski definition) is 2. The molecule has 0 N–H and O–H groups in total. The third kappa shape index (κ3) is 5.15. The zero-order chi connectivity index (χ0) is 27.0. The fraction of sp³-hybridized carbons (Fsp3) is 0.200. The van der Waals surface area contributed by atoms with Crippen LogP contribution in [0.25, 0.3) is 32.2 Å². The molecule has 0 fully saturated rings. The predicted molar refractivity (Wildman–Crippen MR) is 175 cm³/mol. The second-order valence-electron chi connectivity index (χ2n) is 11.4. The molecule has 0 bridgehead atoms. The summed E-state index contributed by atoms with van der Waals surface area (Å²) in [5.74, 6) is 0. The van der Waals surface area contributed by atoms with E-state index in [1.54, 1.807) is 2.89 Å². The van der Waals surface area contributed by atoms with E-state index in [4.69, 9.17) is 0 Å². The molecule has 2 heterocycles. The zero-order valence-electron chi connectivity index (χ0n) is 23.3. The number of rotatable bonds is 8. The van der Waals surface area contributed by atoms with Crippen LogP contribution in [0.4, 0.5) is 17.1 Å². The van der Waals surface area contributed by atoms with Gasteiger partial charge in [0.25, 0.3) is 0 Å². The van der Waals surface area contributed by atoms with E-state index in [1.165, 1.54) is 55.7 Å². The SMILES string of the molecule is CCCCn1c2cc(-c3cc[c]([Sn]([CH3])([CH3])[CH3])s3)ccc2c2ccc(N(c3ccccc3)c3ccccc3)cc21. The number of unbranched alkanes of at least 4 members (excludes halogenated alkanes) is 1. The van der Waals surface area contributed by atoms with Crippen molar-refractivity contribution in [1.82, 2.24) is 4.57 Å². The van der Waals surface area contributed by atoms with Crippen LogP contribution in [-0.4, -0.2) is 22.9 Å². The number of nitrogens with zero attached hydrogens (tertiary/aromatic N) is 2. The maximum atomic E-state index is 2.56. The van der Waals surface area contributed by atoms with E-state index in [1.807, 2.05) is 11.3 Å². The number of aromatic nitrogens is 1. The zero-order valence-corrected chi connectivity index (χ0v) is 27.0. The number of hydrogen-bond donors (Lipinski definition) is 0. The summed E-state index contributed by atoms with van der Waals surface area (Å²) < 4.78 is 4.20. The number of para-hydroxylation sites is 2. The van der Waals surface area contributed by atoms with Gasteiger partial charge < -0.3 is 0 Å². The van der Waals surface area contributed by atoms with Gasteiger partial charge in [0.05, 0.1) is 0 Å². The third-order valence-electron chi connectivity index (χ3n) is 7.50. The van der Waals surface area contributed by atoms with Crippen molar-refractivity contribution in [2.45, 2.75) is 41.1 Å². The van der Waals surface area contributed by atoms with E-state index in [2.05, 4.69) is 140 Å². The van der Waals surface area contributed by atoms with Crippen molar-refractivity contribution in [1.29, 1.82) is 0 Å². The predicted octanol–water partition coefficient (Wildman–Crippen LogP) is 10.3. The first-order valence-electron chi connectivity index (χ1n) is 14.0. The molecule has 2 nitrogen and oxygen atoms in total. The Labute approximate surface area is 240 Å². The van der Waals surface area contributed by atoms with Gasteiger partial charge in [-0.2, -0.15) is 0 Å². The summed E-state index contributed by atoms with van der Waals surface area (Å²) in [6, 6.07) is 40.2. The first-order valence-corrected chi connectivity index (χ1v) is 24.8. The van der Waals surface area contributed by atoms with E-state index in [0.29, 0.717) is 0 Å². The molecule has 0 amide bonds. The van der Waals surface area contributed by atoms with Crippen molar-refractivity contribution >= 4 is 71.5 Å². The van der Waals surface area contributed by atoms with Gasteiger partial charge in [0.15, 0.2) is 0 Å². The van der Waals surface area contributed by atoms with Gasteiger partial charge in [-0.05, 0) is 24.3 Å². The molecule has 196 valence electrons. The Hall–Kier alpha value is -3.02. The fourth-order valence-corrected chi connectivity index (χ4v) is 11.7. The van der Waals surface area contributed by atoms with Gasteiger partial charge >= 0.3 is 181 Å². The van der Waals surface area contributed by atoms with E-state index < -0.39 is 18.4 Å². The van der Waals surface area contributed by atoms with Crippen LogP contribution >= 0.6 is 11.3 Å². The summed E-state index contributed by atoms with van der Waals surface area (Å²) in [7, 11) is 0. The summed E-state index contributed by atoms with van der Waals surface area (Å²) >= 11 is -0.0693. The van der Waals surface area contributed by atoms with Crippen LogP contribution in [-0.2, 0) is 6.54 Å². The van der Waals surface area contributed by atoms with Crippen LogP contribution in [0.2, 0.25) is 14.8 Å². The van der Waals surface area contributed by atoms with E-state index in [-0.39, 0.29) is 0 Å². The molecule has 4 heteroatoms. The van der Waals surface area contributed by atoms with Gasteiger partial charge in [-0.1, -0.05) is 36.4 Å². The van der Waals surface area contributed by atoms with Crippen LogP contribution in [0.5, 0.6) is 0 Å². The first-order chi connectivity index (χ1) is 18.9. The molecule has 0 aliphatic rings. The summed E-state index contributed by atoms with van der Waals surface area (Å²) in [6.45, 7) is 3.30. The summed E-state index contributed by atoms with van der Waals surface area (Å²) in [6.07, 6.45) is 2.34. The summed E-state index contributed by atoms with van der Waals surface area (Å²) in [5.41, 5.74) is 7.50. The standard InChI is InChI=1S/C32H27N2S.3CH3.Sn/c1-2-3-20-33-30-22-24(32-15-10-21-35-32)16-18-28(30)29-19-17-27(23-31(29)33)34(25-11-6-4-7-12-25)26-13-8-5-9-14-26;;;;/h4-19,22-23H,2-3,20H2,1H3;3*1H3;. The monoisotopic (exact) mass is 636 g/mol. The van der Waals surface area contributed by atoms with Gasteiger partial charge in [-0.15, -0.1) is 0 Å². The van der Waals surface area contributed by atoms with E-state index in [9.17, 15) is 0 Å². The minimum absolute atomic E-state index is 1.02.